The largest absolute Gasteiger partial charge is 0.368 e. The number of likely N-dealkylation sites (N-methyl/N-ethyl adjacent to an activating group) is 1. The smallest absolute Gasteiger partial charge is 0.0790 e. The summed E-state index contributed by atoms with van der Waals surface area (Å²) in [6, 6.07) is 1.01. The van der Waals surface area contributed by atoms with Crippen molar-refractivity contribution in [1.82, 2.24) is 10.2 Å². The molecule has 1 aliphatic rings. The van der Waals surface area contributed by atoms with Gasteiger partial charge < -0.3 is 15.0 Å². The molecule has 3 heteroatoms. The third-order valence-corrected chi connectivity index (χ3v) is 4.93. The topological polar surface area (TPSA) is 24.5 Å². The van der Waals surface area contributed by atoms with Crippen molar-refractivity contribution in [3.63, 3.8) is 0 Å². The first-order valence-corrected chi connectivity index (χ1v) is 8.09. The Bertz CT molecular complexity index is 312. The molecule has 0 aromatic heterocycles. The first-order chi connectivity index (χ1) is 9.01. The van der Waals surface area contributed by atoms with Crippen molar-refractivity contribution >= 4 is 0 Å². The molecule has 20 heavy (non-hydrogen) atoms. The Hall–Kier alpha value is -0.120. The average molecular weight is 284 g/mol. The monoisotopic (exact) mass is 284 g/mol. The summed E-state index contributed by atoms with van der Waals surface area (Å²) >= 11 is 0. The molecule has 0 aliphatic carbocycles. The molecule has 0 aromatic rings. The summed E-state index contributed by atoms with van der Waals surface area (Å²) in [6.07, 6.45) is 1.25. The van der Waals surface area contributed by atoms with Gasteiger partial charge in [-0.2, -0.15) is 0 Å². The van der Waals surface area contributed by atoms with Crippen molar-refractivity contribution in [2.24, 2.45) is 11.8 Å². The van der Waals surface area contributed by atoms with Crippen molar-refractivity contribution in [2.75, 3.05) is 20.6 Å². The van der Waals surface area contributed by atoms with Crippen molar-refractivity contribution in [3.05, 3.63) is 0 Å². The minimum Gasteiger partial charge on any atom is -0.368 e. The molecular formula is C17H36N2O. The van der Waals surface area contributed by atoms with E-state index in [2.05, 4.69) is 72.8 Å². The predicted molar refractivity (Wildman–Crippen MR) is 87.1 cm³/mol. The zero-order valence-electron chi connectivity index (χ0n) is 15.1. The number of nitrogens with one attached hydrogen (secondary N) is 1. The van der Waals surface area contributed by atoms with E-state index in [1.165, 1.54) is 6.42 Å². The number of ether oxygens (including phenoxy) is 1. The van der Waals surface area contributed by atoms with Crippen LogP contribution in [0.3, 0.4) is 0 Å². The lowest BCUT2D eigenvalue weighted by Gasteiger charge is -2.35. The molecule has 3 nitrogen and oxygen atoms in total. The fourth-order valence-electron chi connectivity index (χ4n) is 3.93. The summed E-state index contributed by atoms with van der Waals surface area (Å²) in [7, 11) is 4.31. The van der Waals surface area contributed by atoms with Crippen LogP contribution in [0.15, 0.2) is 0 Å². The van der Waals surface area contributed by atoms with Crippen molar-refractivity contribution in [1.29, 1.82) is 0 Å². The van der Waals surface area contributed by atoms with Crippen molar-refractivity contribution < 1.29 is 4.74 Å². The van der Waals surface area contributed by atoms with Crippen LogP contribution in [-0.4, -0.2) is 48.8 Å². The molecular weight excluding hydrogens is 248 g/mol. The Labute approximate surface area is 126 Å². The minimum absolute atomic E-state index is 0.0804. The van der Waals surface area contributed by atoms with E-state index in [1.54, 1.807) is 0 Å². The van der Waals surface area contributed by atoms with E-state index < -0.39 is 0 Å². The van der Waals surface area contributed by atoms with Gasteiger partial charge in [0.2, 0.25) is 0 Å². The SMILES string of the molecule is CNC1C(CN(C)C(C)CC(C)C)C(C)(C)OC1(C)C. The summed E-state index contributed by atoms with van der Waals surface area (Å²) in [4.78, 5) is 2.50. The number of rotatable bonds is 6. The first-order valence-electron chi connectivity index (χ1n) is 8.09. The van der Waals surface area contributed by atoms with Gasteiger partial charge in [0.25, 0.3) is 0 Å². The molecule has 120 valence electrons. The fraction of sp³-hybridized carbons (Fsp3) is 1.00. The third kappa shape index (κ3) is 3.96. The maximum absolute atomic E-state index is 6.32. The Morgan fingerprint density at radius 3 is 2.10 bits per heavy atom. The lowest BCUT2D eigenvalue weighted by molar-refractivity contribution is -0.0796. The summed E-state index contributed by atoms with van der Waals surface area (Å²) in [5.74, 6) is 1.25. The fourth-order valence-corrected chi connectivity index (χ4v) is 3.93. The van der Waals surface area contributed by atoms with Crippen LogP contribution in [0, 0.1) is 11.8 Å². The van der Waals surface area contributed by atoms with E-state index >= 15 is 0 Å². The van der Waals surface area contributed by atoms with E-state index in [0.29, 0.717) is 18.0 Å². The Kier molecular flexibility index (Phi) is 5.67. The minimum atomic E-state index is -0.106. The number of hydrogen-bond donors (Lipinski definition) is 1. The molecule has 0 bridgehead atoms. The van der Waals surface area contributed by atoms with Crippen LogP contribution >= 0.6 is 0 Å². The van der Waals surface area contributed by atoms with E-state index in [1.807, 2.05) is 0 Å². The highest BCUT2D eigenvalue weighted by Crippen LogP contribution is 2.42. The maximum atomic E-state index is 6.32. The molecule has 1 saturated heterocycles. The third-order valence-electron chi connectivity index (χ3n) is 4.93. The molecule has 0 amide bonds. The molecule has 1 N–H and O–H groups in total. The molecule has 3 atom stereocenters. The molecule has 0 aromatic carbocycles. The quantitative estimate of drug-likeness (QED) is 0.811. The molecule has 1 aliphatic heterocycles. The average Bonchev–Trinajstić information content (AvgIpc) is 2.42. The normalized spacial score (nSPS) is 30.1. The van der Waals surface area contributed by atoms with E-state index in [9.17, 15) is 0 Å². The van der Waals surface area contributed by atoms with Crippen LogP contribution in [0.25, 0.3) is 0 Å². The highest BCUT2D eigenvalue weighted by Gasteiger charge is 2.53. The van der Waals surface area contributed by atoms with Gasteiger partial charge in [-0.3, -0.25) is 0 Å². The molecule has 3 unspecified atom stereocenters. The maximum Gasteiger partial charge on any atom is 0.0790 e. The molecule has 1 rings (SSSR count). The Morgan fingerprint density at radius 1 is 1.10 bits per heavy atom. The van der Waals surface area contributed by atoms with Gasteiger partial charge in [0.05, 0.1) is 11.2 Å². The first kappa shape index (κ1) is 17.9. The van der Waals surface area contributed by atoms with Gasteiger partial charge in [-0.25, -0.2) is 0 Å². The number of hydrogen-bond acceptors (Lipinski definition) is 3. The van der Waals surface area contributed by atoms with Crippen LogP contribution in [0.5, 0.6) is 0 Å². The standard InChI is InChI=1S/C17H36N2O/c1-12(2)10-13(3)19(9)11-14-15(18-8)17(6,7)20-16(14,4)5/h12-15,18H,10-11H2,1-9H3. The van der Waals surface area contributed by atoms with Gasteiger partial charge in [0.1, 0.15) is 0 Å². The zero-order chi connectivity index (χ0) is 15.7. The highest BCUT2D eigenvalue weighted by molar-refractivity contribution is 5.05. The predicted octanol–water partition coefficient (Wildman–Crippen LogP) is 3.14. The summed E-state index contributed by atoms with van der Waals surface area (Å²) in [5, 5.41) is 3.49. The van der Waals surface area contributed by atoms with E-state index in [-0.39, 0.29) is 11.2 Å². The Balaban J connectivity index is 2.78. The molecule has 0 saturated carbocycles. The van der Waals surface area contributed by atoms with Crippen LogP contribution in [0.4, 0.5) is 0 Å². The second-order valence-corrected chi connectivity index (χ2v) is 8.10. The summed E-state index contributed by atoms with van der Waals surface area (Å²) in [6.45, 7) is 16.9. The van der Waals surface area contributed by atoms with Crippen LogP contribution in [-0.2, 0) is 4.74 Å². The number of nitrogens with zero attached hydrogens (tertiary/aromatic N) is 1. The van der Waals surface area contributed by atoms with E-state index in [0.717, 1.165) is 12.5 Å². The van der Waals surface area contributed by atoms with Gasteiger partial charge in [0, 0.05) is 24.5 Å². The lowest BCUT2D eigenvalue weighted by atomic mass is 9.82. The van der Waals surface area contributed by atoms with Gasteiger partial charge in [-0.05, 0) is 61.1 Å². The van der Waals surface area contributed by atoms with Crippen molar-refractivity contribution in [3.8, 4) is 0 Å². The zero-order valence-corrected chi connectivity index (χ0v) is 15.1. The molecule has 1 heterocycles. The van der Waals surface area contributed by atoms with Gasteiger partial charge in [-0.1, -0.05) is 13.8 Å². The molecule has 0 radical (unpaired) electrons. The van der Waals surface area contributed by atoms with Crippen LogP contribution in [0.1, 0.15) is 54.9 Å². The lowest BCUT2D eigenvalue weighted by Crippen LogP contribution is -2.50. The van der Waals surface area contributed by atoms with Crippen molar-refractivity contribution in [2.45, 2.75) is 78.2 Å². The van der Waals surface area contributed by atoms with E-state index in [4.69, 9.17) is 4.74 Å². The molecule has 0 spiro atoms. The Morgan fingerprint density at radius 2 is 1.65 bits per heavy atom. The summed E-state index contributed by atoms with van der Waals surface area (Å²) < 4.78 is 6.32. The summed E-state index contributed by atoms with van der Waals surface area (Å²) in [5.41, 5.74) is -0.186. The van der Waals surface area contributed by atoms with Gasteiger partial charge in [0.15, 0.2) is 0 Å². The highest BCUT2D eigenvalue weighted by atomic mass is 16.5. The van der Waals surface area contributed by atoms with Crippen LogP contribution < -0.4 is 5.32 Å². The van der Waals surface area contributed by atoms with Gasteiger partial charge in [-0.15, -0.1) is 0 Å². The van der Waals surface area contributed by atoms with Crippen LogP contribution in [0.2, 0.25) is 0 Å². The second-order valence-electron chi connectivity index (χ2n) is 8.10. The second kappa shape index (κ2) is 6.33. The molecule has 1 fully saturated rings. The van der Waals surface area contributed by atoms with Gasteiger partial charge >= 0.3 is 0 Å².